The smallest absolute Gasteiger partial charge is 0.224 e. The Balaban J connectivity index is 0.00000176. The van der Waals surface area contributed by atoms with Crippen LogP contribution < -0.4 is 11.1 Å². The molecule has 0 spiro atoms. The molecule has 3 fully saturated rings. The van der Waals surface area contributed by atoms with Crippen LogP contribution in [0.1, 0.15) is 44.9 Å². The van der Waals surface area contributed by atoms with Gasteiger partial charge in [0.05, 0.1) is 5.92 Å². The van der Waals surface area contributed by atoms with Crippen LogP contribution >= 0.6 is 12.4 Å². The van der Waals surface area contributed by atoms with E-state index in [4.69, 9.17) is 5.73 Å². The van der Waals surface area contributed by atoms with Crippen LogP contribution in [0.3, 0.4) is 0 Å². The lowest BCUT2D eigenvalue weighted by molar-refractivity contribution is -0.132. The first-order valence-electron chi connectivity index (χ1n) is 8.48. The van der Waals surface area contributed by atoms with Gasteiger partial charge in [0.1, 0.15) is 0 Å². The van der Waals surface area contributed by atoms with Gasteiger partial charge in [-0.2, -0.15) is 0 Å². The molecule has 3 aliphatic rings. The molecule has 4 unspecified atom stereocenters. The lowest BCUT2D eigenvalue weighted by Gasteiger charge is -2.28. The molecule has 22 heavy (non-hydrogen) atoms. The minimum atomic E-state index is -0.0196. The quantitative estimate of drug-likeness (QED) is 0.816. The molecule has 3 rings (SSSR count). The Bertz CT molecular complexity index is 410. The Labute approximate surface area is 138 Å². The number of hydrogen-bond acceptors (Lipinski definition) is 3. The van der Waals surface area contributed by atoms with Crippen molar-refractivity contribution in [3.05, 3.63) is 0 Å². The van der Waals surface area contributed by atoms with E-state index in [0.29, 0.717) is 24.8 Å². The van der Waals surface area contributed by atoms with Gasteiger partial charge < -0.3 is 16.0 Å². The van der Waals surface area contributed by atoms with Gasteiger partial charge in [-0.3, -0.25) is 9.59 Å². The molecule has 1 aliphatic heterocycles. The molecule has 2 bridgehead atoms. The summed E-state index contributed by atoms with van der Waals surface area (Å²) < 4.78 is 0. The number of likely N-dealkylation sites (tertiary alicyclic amines) is 1. The Kier molecular flexibility index (Phi) is 6.09. The first kappa shape index (κ1) is 17.5. The number of rotatable bonds is 4. The minimum Gasteiger partial charge on any atom is -0.355 e. The Morgan fingerprint density at radius 3 is 2.41 bits per heavy atom. The standard InChI is InChI=1S/C16H27N3O2.ClH/c17-15-12-5-4-11(10-12)14(15)16(21)18-7-6-13(20)19-8-2-1-3-9-19;/h11-12,14-15H,1-10,17H2,(H,18,21);1H. The monoisotopic (exact) mass is 329 g/mol. The average molecular weight is 330 g/mol. The number of nitrogens with zero attached hydrogens (tertiary/aromatic N) is 1. The number of carbonyl (C=O) groups is 2. The van der Waals surface area contributed by atoms with Gasteiger partial charge in [0.25, 0.3) is 0 Å². The zero-order chi connectivity index (χ0) is 14.8. The Hall–Kier alpha value is -0.810. The third-order valence-electron chi connectivity index (χ3n) is 5.63. The molecule has 0 aromatic rings. The summed E-state index contributed by atoms with van der Waals surface area (Å²) in [6.07, 6.45) is 7.30. The van der Waals surface area contributed by atoms with Crippen molar-refractivity contribution in [2.45, 2.75) is 51.0 Å². The van der Waals surface area contributed by atoms with Crippen molar-refractivity contribution in [1.82, 2.24) is 10.2 Å². The predicted molar refractivity (Wildman–Crippen MR) is 87.6 cm³/mol. The lowest BCUT2D eigenvalue weighted by Crippen LogP contribution is -2.46. The molecule has 0 aromatic heterocycles. The number of nitrogens with one attached hydrogen (secondary N) is 1. The van der Waals surface area contributed by atoms with Crippen LogP contribution in [0.15, 0.2) is 0 Å². The SMILES string of the molecule is Cl.NC1C2CCC(C2)C1C(=O)NCCC(=O)N1CCCCC1. The zero-order valence-corrected chi connectivity index (χ0v) is 13.9. The van der Waals surface area contributed by atoms with E-state index in [9.17, 15) is 9.59 Å². The second kappa shape index (κ2) is 7.64. The molecule has 0 aromatic carbocycles. The Morgan fingerprint density at radius 2 is 1.77 bits per heavy atom. The fourth-order valence-electron chi connectivity index (χ4n) is 4.44. The van der Waals surface area contributed by atoms with Gasteiger partial charge >= 0.3 is 0 Å². The van der Waals surface area contributed by atoms with E-state index in [-0.39, 0.29) is 36.2 Å². The maximum Gasteiger partial charge on any atom is 0.224 e. The maximum atomic E-state index is 12.3. The van der Waals surface area contributed by atoms with Crippen LogP contribution in [0, 0.1) is 17.8 Å². The van der Waals surface area contributed by atoms with Crippen molar-refractivity contribution in [1.29, 1.82) is 0 Å². The van der Waals surface area contributed by atoms with Crippen LogP contribution in [-0.4, -0.2) is 42.4 Å². The highest BCUT2D eigenvalue weighted by Crippen LogP contribution is 2.47. The minimum absolute atomic E-state index is 0. The Morgan fingerprint density at radius 1 is 1.09 bits per heavy atom. The number of hydrogen-bond donors (Lipinski definition) is 2. The van der Waals surface area contributed by atoms with Crippen molar-refractivity contribution in [3.63, 3.8) is 0 Å². The number of amides is 2. The van der Waals surface area contributed by atoms with Crippen molar-refractivity contribution in [2.24, 2.45) is 23.5 Å². The molecule has 0 radical (unpaired) electrons. The second-order valence-electron chi connectivity index (χ2n) is 6.92. The fraction of sp³-hybridized carbons (Fsp3) is 0.875. The highest BCUT2D eigenvalue weighted by atomic mass is 35.5. The van der Waals surface area contributed by atoms with Crippen LogP contribution in [0.5, 0.6) is 0 Å². The first-order chi connectivity index (χ1) is 10.2. The van der Waals surface area contributed by atoms with E-state index < -0.39 is 0 Å². The fourth-order valence-corrected chi connectivity index (χ4v) is 4.44. The normalized spacial score (nSPS) is 33.4. The van der Waals surface area contributed by atoms with Gasteiger partial charge in [-0.05, 0) is 50.4 Å². The molecule has 2 aliphatic carbocycles. The van der Waals surface area contributed by atoms with Gasteiger partial charge in [-0.15, -0.1) is 12.4 Å². The molecule has 3 N–H and O–H groups in total. The summed E-state index contributed by atoms with van der Waals surface area (Å²) in [5, 5.41) is 2.94. The van der Waals surface area contributed by atoms with Crippen molar-refractivity contribution < 1.29 is 9.59 Å². The number of carbonyl (C=O) groups excluding carboxylic acids is 2. The first-order valence-corrected chi connectivity index (χ1v) is 8.48. The second-order valence-corrected chi connectivity index (χ2v) is 6.92. The maximum absolute atomic E-state index is 12.3. The largest absolute Gasteiger partial charge is 0.355 e. The molecule has 1 heterocycles. The van der Waals surface area contributed by atoms with E-state index in [2.05, 4.69) is 5.32 Å². The topological polar surface area (TPSA) is 75.4 Å². The van der Waals surface area contributed by atoms with E-state index in [0.717, 1.165) is 38.8 Å². The van der Waals surface area contributed by atoms with Crippen LogP contribution in [0.4, 0.5) is 0 Å². The van der Waals surface area contributed by atoms with Gasteiger partial charge in [-0.1, -0.05) is 0 Å². The summed E-state index contributed by atoms with van der Waals surface area (Å²) in [6, 6.07) is 0.0292. The van der Waals surface area contributed by atoms with Gasteiger partial charge in [0.15, 0.2) is 0 Å². The summed E-state index contributed by atoms with van der Waals surface area (Å²) >= 11 is 0. The molecule has 6 heteroatoms. The van der Waals surface area contributed by atoms with Crippen LogP contribution in [0.2, 0.25) is 0 Å². The highest BCUT2D eigenvalue weighted by molar-refractivity contribution is 5.85. The number of halogens is 1. The predicted octanol–water partition coefficient (Wildman–Crippen LogP) is 1.30. The van der Waals surface area contributed by atoms with Gasteiger partial charge in [0.2, 0.25) is 11.8 Å². The van der Waals surface area contributed by atoms with Crippen LogP contribution in [0.25, 0.3) is 0 Å². The van der Waals surface area contributed by atoms with E-state index in [1.165, 1.54) is 12.8 Å². The van der Waals surface area contributed by atoms with Crippen LogP contribution in [-0.2, 0) is 9.59 Å². The van der Waals surface area contributed by atoms with Gasteiger partial charge in [-0.25, -0.2) is 0 Å². The van der Waals surface area contributed by atoms with E-state index in [1.807, 2.05) is 4.90 Å². The molecule has 4 atom stereocenters. The number of fused-ring (bicyclic) bond motifs is 2. The molecule has 5 nitrogen and oxygen atoms in total. The summed E-state index contributed by atoms with van der Waals surface area (Å²) in [7, 11) is 0. The third kappa shape index (κ3) is 3.57. The van der Waals surface area contributed by atoms with Crippen molar-refractivity contribution >= 4 is 24.2 Å². The van der Waals surface area contributed by atoms with Crippen molar-refractivity contribution in [2.75, 3.05) is 19.6 Å². The average Bonchev–Trinajstić information content (AvgIpc) is 3.08. The molecular formula is C16H28ClN3O2. The molecular weight excluding hydrogens is 302 g/mol. The van der Waals surface area contributed by atoms with E-state index in [1.54, 1.807) is 0 Å². The summed E-state index contributed by atoms with van der Waals surface area (Å²) in [6.45, 7) is 2.21. The molecule has 2 saturated carbocycles. The molecule has 126 valence electrons. The summed E-state index contributed by atoms with van der Waals surface area (Å²) in [5.74, 6) is 1.24. The zero-order valence-electron chi connectivity index (χ0n) is 13.1. The summed E-state index contributed by atoms with van der Waals surface area (Å²) in [4.78, 5) is 26.3. The lowest BCUT2D eigenvalue weighted by atomic mass is 9.84. The van der Waals surface area contributed by atoms with Crippen molar-refractivity contribution in [3.8, 4) is 0 Å². The molecule has 2 amide bonds. The highest BCUT2D eigenvalue weighted by Gasteiger charge is 2.48. The number of piperidine rings is 1. The number of nitrogens with two attached hydrogens (primary N) is 1. The van der Waals surface area contributed by atoms with E-state index >= 15 is 0 Å². The van der Waals surface area contributed by atoms with Gasteiger partial charge in [0, 0.05) is 32.1 Å². The third-order valence-corrected chi connectivity index (χ3v) is 5.63. The summed E-state index contributed by atoms with van der Waals surface area (Å²) in [5.41, 5.74) is 6.18. The molecule has 1 saturated heterocycles.